The Hall–Kier alpha value is -2.11. The highest BCUT2D eigenvalue weighted by molar-refractivity contribution is 7.99. The Bertz CT molecular complexity index is 813. The van der Waals surface area contributed by atoms with Crippen LogP contribution in [0.1, 0.15) is 15.9 Å². The molecule has 116 valence electrons. The van der Waals surface area contributed by atoms with Gasteiger partial charge in [-0.15, -0.1) is 5.10 Å². The van der Waals surface area contributed by atoms with Crippen molar-refractivity contribution in [2.75, 3.05) is 5.75 Å². The Morgan fingerprint density at radius 1 is 1.13 bits per heavy atom. The van der Waals surface area contributed by atoms with E-state index in [2.05, 4.69) is 15.2 Å². The molecular formula is C17H14ClN3OS. The fraction of sp³-hybridized carbons (Fsp3) is 0.118. The Morgan fingerprint density at radius 3 is 2.52 bits per heavy atom. The van der Waals surface area contributed by atoms with E-state index in [9.17, 15) is 4.79 Å². The number of halogens is 1. The number of H-pyrrole nitrogens is 1. The lowest BCUT2D eigenvalue weighted by molar-refractivity contribution is 0.102. The molecule has 0 saturated carbocycles. The van der Waals surface area contributed by atoms with E-state index < -0.39 is 0 Å². The van der Waals surface area contributed by atoms with Crippen LogP contribution in [0.25, 0.3) is 11.4 Å². The molecule has 3 rings (SSSR count). The number of hydrogen-bond acceptors (Lipinski definition) is 4. The Balaban J connectivity index is 1.64. The number of Topliss-reactive ketones (excluding diaryl/α,β-unsaturated/α-hetero) is 1. The van der Waals surface area contributed by atoms with Gasteiger partial charge in [0.15, 0.2) is 11.6 Å². The minimum atomic E-state index is 0.0628. The summed E-state index contributed by atoms with van der Waals surface area (Å²) in [5.74, 6) is 1.03. The van der Waals surface area contributed by atoms with E-state index in [4.69, 9.17) is 11.6 Å². The predicted octanol–water partition coefficient (Wildman–Crippen LogP) is 4.41. The van der Waals surface area contributed by atoms with Crippen LogP contribution in [0.5, 0.6) is 0 Å². The molecule has 6 heteroatoms. The van der Waals surface area contributed by atoms with Crippen LogP contribution in [0, 0.1) is 6.92 Å². The molecule has 0 radical (unpaired) electrons. The first-order valence-electron chi connectivity index (χ1n) is 7.03. The summed E-state index contributed by atoms with van der Waals surface area (Å²) in [6.07, 6.45) is 0. The van der Waals surface area contributed by atoms with Gasteiger partial charge in [-0.1, -0.05) is 53.2 Å². The van der Waals surface area contributed by atoms with E-state index in [0.717, 1.165) is 11.1 Å². The van der Waals surface area contributed by atoms with Crippen molar-refractivity contribution in [1.29, 1.82) is 0 Å². The molecule has 4 nitrogen and oxygen atoms in total. The van der Waals surface area contributed by atoms with Crippen LogP contribution in [0.15, 0.2) is 53.7 Å². The van der Waals surface area contributed by atoms with E-state index >= 15 is 0 Å². The van der Waals surface area contributed by atoms with Crippen molar-refractivity contribution < 1.29 is 4.79 Å². The second kappa shape index (κ2) is 6.98. The lowest BCUT2D eigenvalue weighted by atomic mass is 10.1. The number of hydrogen-bond donors (Lipinski definition) is 1. The molecule has 0 spiro atoms. The number of aromatic amines is 1. The Morgan fingerprint density at radius 2 is 1.83 bits per heavy atom. The monoisotopic (exact) mass is 343 g/mol. The average molecular weight is 344 g/mol. The van der Waals surface area contributed by atoms with Crippen molar-refractivity contribution in [3.8, 4) is 11.4 Å². The number of thioether (sulfide) groups is 1. The number of ketones is 1. The highest BCUT2D eigenvalue weighted by atomic mass is 35.5. The molecule has 1 heterocycles. The molecular weight excluding hydrogens is 330 g/mol. The Kier molecular flexibility index (Phi) is 4.79. The first-order chi connectivity index (χ1) is 11.1. The topological polar surface area (TPSA) is 58.6 Å². The number of aromatic nitrogens is 3. The summed E-state index contributed by atoms with van der Waals surface area (Å²) in [5, 5.41) is 8.24. The van der Waals surface area contributed by atoms with Crippen LogP contribution in [-0.4, -0.2) is 26.7 Å². The molecule has 0 fully saturated rings. The zero-order valence-electron chi connectivity index (χ0n) is 12.4. The van der Waals surface area contributed by atoms with Crippen molar-refractivity contribution in [3.63, 3.8) is 0 Å². The third kappa shape index (κ3) is 4.00. The van der Waals surface area contributed by atoms with Crippen molar-refractivity contribution in [3.05, 3.63) is 64.7 Å². The molecule has 1 N–H and O–H groups in total. The van der Waals surface area contributed by atoms with Gasteiger partial charge in [-0.25, -0.2) is 4.98 Å². The van der Waals surface area contributed by atoms with Gasteiger partial charge in [0, 0.05) is 16.1 Å². The molecule has 23 heavy (non-hydrogen) atoms. The van der Waals surface area contributed by atoms with Gasteiger partial charge in [-0.2, -0.15) is 0 Å². The highest BCUT2D eigenvalue weighted by Gasteiger charge is 2.10. The molecule has 2 aromatic carbocycles. The summed E-state index contributed by atoms with van der Waals surface area (Å²) in [6, 6.07) is 14.9. The van der Waals surface area contributed by atoms with Crippen LogP contribution in [-0.2, 0) is 0 Å². The number of carbonyl (C=O) groups excluding carboxylic acids is 1. The molecule has 0 unspecified atom stereocenters. The SMILES string of the molecule is Cc1ccc(C(=O)CSc2n[nH]c(-c3ccc(Cl)cc3)n2)cc1. The highest BCUT2D eigenvalue weighted by Crippen LogP contribution is 2.21. The quantitative estimate of drug-likeness (QED) is 0.550. The smallest absolute Gasteiger partial charge is 0.209 e. The summed E-state index contributed by atoms with van der Waals surface area (Å²) >= 11 is 7.19. The molecule has 0 aliphatic carbocycles. The van der Waals surface area contributed by atoms with Gasteiger partial charge in [-0.3, -0.25) is 9.89 Å². The van der Waals surface area contributed by atoms with E-state index in [1.54, 1.807) is 12.1 Å². The maximum absolute atomic E-state index is 12.1. The van der Waals surface area contributed by atoms with Crippen LogP contribution < -0.4 is 0 Å². The Labute approximate surface area is 143 Å². The van der Waals surface area contributed by atoms with Crippen LogP contribution in [0.3, 0.4) is 0 Å². The summed E-state index contributed by atoms with van der Waals surface area (Å²) in [7, 11) is 0. The van der Waals surface area contributed by atoms with E-state index in [1.165, 1.54) is 11.8 Å². The van der Waals surface area contributed by atoms with Gasteiger partial charge in [0.05, 0.1) is 5.75 Å². The van der Waals surface area contributed by atoms with Crippen molar-refractivity contribution >= 4 is 29.1 Å². The van der Waals surface area contributed by atoms with Crippen LogP contribution >= 0.6 is 23.4 Å². The maximum Gasteiger partial charge on any atom is 0.209 e. The van der Waals surface area contributed by atoms with Crippen molar-refractivity contribution in [2.24, 2.45) is 0 Å². The fourth-order valence-corrected chi connectivity index (χ4v) is 2.82. The van der Waals surface area contributed by atoms with Crippen LogP contribution in [0.4, 0.5) is 0 Å². The van der Waals surface area contributed by atoms with Crippen molar-refractivity contribution in [1.82, 2.24) is 15.2 Å². The lowest BCUT2D eigenvalue weighted by Crippen LogP contribution is -2.02. The molecule has 0 aliphatic rings. The predicted molar refractivity (Wildman–Crippen MR) is 93.1 cm³/mol. The number of rotatable bonds is 5. The standard InChI is InChI=1S/C17H14ClN3OS/c1-11-2-4-12(5-3-11)15(22)10-23-17-19-16(20-21-17)13-6-8-14(18)9-7-13/h2-9H,10H2,1H3,(H,19,20,21). The third-order valence-corrected chi connectivity index (χ3v) is 4.39. The number of nitrogens with zero attached hydrogens (tertiary/aromatic N) is 2. The fourth-order valence-electron chi connectivity index (χ4n) is 2.00. The second-order valence-electron chi connectivity index (χ2n) is 5.05. The zero-order chi connectivity index (χ0) is 16.2. The maximum atomic E-state index is 12.1. The largest absolute Gasteiger partial charge is 0.293 e. The van der Waals surface area contributed by atoms with Gasteiger partial charge < -0.3 is 0 Å². The molecule has 0 bridgehead atoms. The van der Waals surface area contributed by atoms with Gasteiger partial charge in [0.2, 0.25) is 5.16 Å². The lowest BCUT2D eigenvalue weighted by Gasteiger charge is -1.99. The summed E-state index contributed by atoms with van der Waals surface area (Å²) in [6.45, 7) is 1.99. The van der Waals surface area contributed by atoms with Gasteiger partial charge >= 0.3 is 0 Å². The first-order valence-corrected chi connectivity index (χ1v) is 8.39. The third-order valence-electron chi connectivity index (χ3n) is 3.29. The molecule has 0 amide bonds. The number of carbonyl (C=O) groups is 1. The summed E-state index contributed by atoms with van der Waals surface area (Å²) in [4.78, 5) is 16.5. The van der Waals surface area contributed by atoms with Gasteiger partial charge in [0.1, 0.15) is 0 Å². The number of benzene rings is 2. The summed E-state index contributed by atoms with van der Waals surface area (Å²) in [5.41, 5.74) is 2.74. The average Bonchev–Trinajstić information content (AvgIpc) is 3.03. The minimum Gasteiger partial charge on any atom is -0.293 e. The van der Waals surface area contributed by atoms with Crippen LogP contribution in [0.2, 0.25) is 5.02 Å². The molecule has 3 aromatic rings. The molecule has 1 aromatic heterocycles. The normalized spacial score (nSPS) is 10.7. The first kappa shape index (κ1) is 15.8. The van der Waals surface area contributed by atoms with E-state index in [0.29, 0.717) is 27.3 Å². The zero-order valence-corrected chi connectivity index (χ0v) is 14.0. The second-order valence-corrected chi connectivity index (χ2v) is 6.43. The molecule has 0 aliphatic heterocycles. The van der Waals surface area contributed by atoms with E-state index in [-0.39, 0.29) is 5.78 Å². The summed E-state index contributed by atoms with van der Waals surface area (Å²) < 4.78 is 0. The molecule has 0 atom stereocenters. The van der Waals surface area contributed by atoms with E-state index in [1.807, 2.05) is 43.3 Å². The van der Waals surface area contributed by atoms with Gasteiger partial charge in [-0.05, 0) is 31.2 Å². The minimum absolute atomic E-state index is 0.0628. The number of aryl methyl sites for hydroxylation is 1. The van der Waals surface area contributed by atoms with Crippen molar-refractivity contribution in [2.45, 2.75) is 12.1 Å². The number of nitrogens with one attached hydrogen (secondary N) is 1. The van der Waals surface area contributed by atoms with Gasteiger partial charge in [0.25, 0.3) is 0 Å². The molecule has 0 saturated heterocycles.